The Kier molecular flexibility index (Phi) is 10.0. The van der Waals surface area contributed by atoms with Gasteiger partial charge in [-0.05, 0) is 75.4 Å². The van der Waals surface area contributed by atoms with E-state index in [0.717, 1.165) is 56.2 Å². The van der Waals surface area contributed by atoms with Crippen molar-refractivity contribution in [3.8, 4) is 28.4 Å². The summed E-state index contributed by atoms with van der Waals surface area (Å²) in [5, 5.41) is 2.13. The molecule has 8 aromatic rings. The number of halogens is 2. The van der Waals surface area contributed by atoms with E-state index in [9.17, 15) is 4.39 Å². The summed E-state index contributed by atoms with van der Waals surface area (Å²) in [5.74, 6) is 0.488. The van der Waals surface area contributed by atoms with E-state index in [-0.39, 0.29) is 37.6 Å². The summed E-state index contributed by atoms with van der Waals surface area (Å²) in [7, 11) is 0. The second-order valence-corrected chi connectivity index (χ2v) is 16.5. The molecule has 2 aromatic heterocycles. The maximum absolute atomic E-state index is 15.3. The molecule has 1 aliphatic rings. The van der Waals surface area contributed by atoms with Crippen molar-refractivity contribution in [2.75, 3.05) is 9.80 Å². The van der Waals surface area contributed by atoms with Crippen molar-refractivity contribution in [2.24, 2.45) is 0 Å². The summed E-state index contributed by atoms with van der Waals surface area (Å²) in [5.41, 5.74) is 8.57. The number of aromatic nitrogens is 2. The summed E-state index contributed by atoms with van der Waals surface area (Å²) in [4.78, 5) is 8.39. The van der Waals surface area contributed by atoms with Crippen LogP contribution < -0.4 is 14.5 Å². The molecule has 1 aliphatic heterocycles. The van der Waals surface area contributed by atoms with Crippen molar-refractivity contribution in [1.29, 1.82) is 0 Å². The van der Waals surface area contributed by atoms with Crippen LogP contribution >= 0.6 is 0 Å². The number of rotatable bonds is 6. The van der Waals surface area contributed by atoms with Crippen molar-refractivity contribution in [3.05, 3.63) is 175 Å². The zero-order valence-corrected chi connectivity index (χ0v) is 35.3. The van der Waals surface area contributed by atoms with Gasteiger partial charge in [-0.2, -0.15) is 6.07 Å². The van der Waals surface area contributed by atoms with Gasteiger partial charge < -0.3 is 19.1 Å². The third-order valence-electron chi connectivity index (χ3n) is 10.6. The number of fused-ring (bicyclic) bond motifs is 4. The van der Waals surface area contributed by atoms with Crippen LogP contribution in [0.15, 0.2) is 134 Å². The number of para-hydroxylation sites is 3. The molecule has 0 bridgehead atoms. The molecule has 58 heavy (non-hydrogen) atoms. The number of ether oxygens (including phenoxy) is 1. The van der Waals surface area contributed by atoms with Gasteiger partial charge in [-0.3, -0.25) is 0 Å². The van der Waals surface area contributed by atoms with Gasteiger partial charge in [-0.15, -0.1) is 53.6 Å². The van der Waals surface area contributed by atoms with Crippen LogP contribution in [0.25, 0.3) is 38.8 Å². The number of nitrogens with zero attached hydrogens (tertiary/aromatic N) is 4. The molecule has 0 N–H and O–H groups in total. The van der Waals surface area contributed by atoms with E-state index in [1.165, 1.54) is 23.3 Å². The number of pyridine rings is 1. The molecule has 0 amide bonds. The van der Waals surface area contributed by atoms with Crippen LogP contribution in [-0.2, 0) is 31.9 Å². The fourth-order valence-corrected chi connectivity index (χ4v) is 7.70. The second-order valence-electron chi connectivity index (χ2n) is 16.5. The minimum atomic E-state index is -0.660. The standard InChI is InChI=1S/C50H41F2N4O.Pt/c1-49(2,3)33-18-21-38(41(27-33)50(4,5)6)32-25-35(54-31-55(46-16-10-9-15-45(46)54)44-23-19-34(51)28-42(44)52)29-37(26-32)57-36-20-22-40-39-13-7-8-14-43(39)56(47(40)30-36)48-17-11-12-24-53-48;/h7-28,31H,1-6H3;/q-3;. The first-order valence-corrected chi connectivity index (χ1v) is 19.1. The third-order valence-corrected chi connectivity index (χ3v) is 10.6. The zero-order valence-electron chi connectivity index (χ0n) is 33.0. The van der Waals surface area contributed by atoms with Gasteiger partial charge >= 0.3 is 0 Å². The summed E-state index contributed by atoms with van der Waals surface area (Å²) in [6.07, 6.45) is 1.79. The van der Waals surface area contributed by atoms with E-state index in [2.05, 4.69) is 106 Å². The van der Waals surface area contributed by atoms with Crippen LogP contribution in [0, 0.1) is 30.4 Å². The Morgan fingerprint density at radius 3 is 2.10 bits per heavy atom. The van der Waals surface area contributed by atoms with E-state index in [0.29, 0.717) is 17.2 Å². The molecular weight excluding hydrogens is 906 g/mol. The molecule has 3 heterocycles. The summed E-state index contributed by atoms with van der Waals surface area (Å²) in [6.45, 7) is 15.2. The first kappa shape index (κ1) is 39.1. The van der Waals surface area contributed by atoms with Crippen molar-refractivity contribution in [1.82, 2.24) is 9.55 Å². The Hall–Kier alpha value is -5.78. The van der Waals surface area contributed by atoms with E-state index in [4.69, 9.17) is 4.74 Å². The molecule has 5 nitrogen and oxygen atoms in total. The molecule has 0 fully saturated rings. The number of hydrogen-bond acceptors (Lipinski definition) is 4. The van der Waals surface area contributed by atoms with Gasteiger partial charge in [-0.25, -0.2) is 13.8 Å². The summed E-state index contributed by atoms with van der Waals surface area (Å²) < 4.78 is 38.3. The van der Waals surface area contributed by atoms with E-state index in [1.54, 1.807) is 11.1 Å². The van der Waals surface area contributed by atoms with Gasteiger partial charge in [0.05, 0.1) is 0 Å². The van der Waals surface area contributed by atoms with Gasteiger partial charge in [0.1, 0.15) is 17.5 Å². The van der Waals surface area contributed by atoms with Crippen molar-refractivity contribution >= 4 is 44.6 Å². The smallest absolute Gasteiger partial charge is 0.147 e. The second kappa shape index (κ2) is 14.9. The third kappa shape index (κ3) is 7.07. The Balaban J connectivity index is 0.00000469. The normalized spacial score (nSPS) is 12.9. The van der Waals surface area contributed by atoms with Gasteiger partial charge in [0.25, 0.3) is 0 Å². The maximum atomic E-state index is 15.3. The molecule has 0 saturated carbocycles. The fourth-order valence-electron chi connectivity index (χ4n) is 7.70. The van der Waals surface area contributed by atoms with Crippen LogP contribution in [0.5, 0.6) is 11.5 Å². The minimum Gasteiger partial charge on any atom is -0.509 e. The Labute approximate surface area is 352 Å². The molecule has 0 radical (unpaired) electrons. The maximum Gasteiger partial charge on any atom is 0.147 e. The Morgan fingerprint density at radius 2 is 1.38 bits per heavy atom. The fraction of sp³-hybridized carbons (Fsp3) is 0.160. The molecular formula is C50H41F2N4OPt-3. The first-order chi connectivity index (χ1) is 27.3. The van der Waals surface area contributed by atoms with Crippen molar-refractivity contribution < 1.29 is 34.6 Å². The first-order valence-electron chi connectivity index (χ1n) is 19.1. The quantitative estimate of drug-likeness (QED) is 0.156. The SMILES string of the molecule is CC(C)(C)c1ccc(-c2cc(Oc3[c-]c4c(cc3)c3ccccc3n4-c3ccccn3)[c-]c(N3[CH-]N(c4ccc(F)cc4F)c4ccccc43)c2)c(C(C)(C)C)c1.[Pt]. The van der Waals surface area contributed by atoms with Crippen LogP contribution in [0.3, 0.4) is 0 Å². The minimum absolute atomic E-state index is 0. The monoisotopic (exact) mass is 946 g/mol. The van der Waals surface area contributed by atoms with Gasteiger partial charge in [0.15, 0.2) is 0 Å². The van der Waals surface area contributed by atoms with E-state index < -0.39 is 11.6 Å². The molecule has 0 spiro atoms. The molecule has 9 rings (SSSR count). The van der Waals surface area contributed by atoms with Gasteiger partial charge in [0, 0.05) is 67.4 Å². The molecule has 0 atom stereocenters. The summed E-state index contributed by atoms with van der Waals surface area (Å²) >= 11 is 0. The Morgan fingerprint density at radius 1 is 0.638 bits per heavy atom. The Bertz CT molecular complexity index is 2820. The van der Waals surface area contributed by atoms with Crippen LogP contribution in [0.2, 0.25) is 0 Å². The predicted molar refractivity (Wildman–Crippen MR) is 227 cm³/mol. The van der Waals surface area contributed by atoms with E-state index in [1.807, 2.05) is 78.3 Å². The topological polar surface area (TPSA) is 33.5 Å². The molecule has 294 valence electrons. The van der Waals surface area contributed by atoms with Crippen molar-refractivity contribution in [3.63, 3.8) is 0 Å². The molecule has 0 aliphatic carbocycles. The van der Waals surface area contributed by atoms with Crippen LogP contribution in [0.1, 0.15) is 52.7 Å². The average Bonchev–Trinajstić information content (AvgIpc) is 3.73. The van der Waals surface area contributed by atoms with Crippen molar-refractivity contribution in [2.45, 2.75) is 52.4 Å². The van der Waals surface area contributed by atoms with Gasteiger partial charge in [-0.1, -0.05) is 102 Å². The number of anilines is 4. The molecule has 8 heteroatoms. The molecule has 0 unspecified atom stereocenters. The van der Waals surface area contributed by atoms with E-state index >= 15 is 4.39 Å². The number of benzene rings is 6. The summed E-state index contributed by atoms with van der Waals surface area (Å²) in [6, 6.07) is 47.5. The molecule has 0 saturated heterocycles. The zero-order chi connectivity index (χ0) is 39.6. The predicted octanol–water partition coefficient (Wildman–Crippen LogP) is 13.5. The largest absolute Gasteiger partial charge is 0.509 e. The van der Waals surface area contributed by atoms with Crippen LogP contribution in [0.4, 0.5) is 31.5 Å². The van der Waals surface area contributed by atoms with Gasteiger partial charge in [0.2, 0.25) is 0 Å². The molecule has 6 aromatic carbocycles. The average molecular weight is 947 g/mol. The number of hydrogen-bond donors (Lipinski definition) is 0. The van der Waals surface area contributed by atoms with Crippen LogP contribution in [-0.4, -0.2) is 9.55 Å².